The maximum Gasteiger partial charge on any atom is 0.0412 e. The number of rotatable bonds is 3. The Bertz CT molecular complexity index is 629. The first-order chi connectivity index (χ1) is 9.47. The van der Waals surface area contributed by atoms with E-state index in [0.717, 1.165) is 17.1 Å². The van der Waals surface area contributed by atoms with Crippen molar-refractivity contribution in [3.8, 4) is 0 Å². The van der Waals surface area contributed by atoms with Crippen LogP contribution in [0.5, 0.6) is 0 Å². The van der Waals surface area contributed by atoms with E-state index in [4.69, 9.17) is 11.6 Å². The zero-order valence-electron chi connectivity index (χ0n) is 12.3. The van der Waals surface area contributed by atoms with Gasteiger partial charge in [0.2, 0.25) is 0 Å². The maximum atomic E-state index is 6.12. The van der Waals surface area contributed by atoms with Crippen LogP contribution in [-0.2, 0) is 11.8 Å². The Hall–Kier alpha value is -1.34. The van der Waals surface area contributed by atoms with Gasteiger partial charge < -0.3 is 0 Å². The molecule has 1 aliphatic rings. The Kier molecular flexibility index (Phi) is 3.33. The molecule has 3 rings (SSSR count). The number of nitrogens with zero attached hydrogens (tertiary/aromatic N) is 1. The van der Waals surface area contributed by atoms with E-state index in [1.54, 1.807) is 0 Å². The van der Waals surface area contributed by atoms with Crippen molar-refractivity contribution in [1.29, 1.82) is 0 Å². The molecule has 0 spiro atoms. The molecule has 2 atom stereocenters. The van der Waals surface area contributed by atoms with Gasteiger partial charge in [-0.2, -0.15) is 0 Å². The summed E-state index contributed by atoms with van der Waals surface area (Å²) in [6.45, 7) is 6.55. The van der Waals surface area contributed by atoms with Gasteiger partial charge in [-0.15, -0.1) is 0 Å². The predicted octanol–water partition coefficient (Wildman–Crippen LogP) is 4.87. The van der Waals surface area contributed by atoms with Crippen LogP contribution in [0.25, 0.3) is 0 Å². The van der Waals surface area contributed by atoms with Crippen LogP contribution in [0.1, 0.15) is 35.9 Å². The summed E-state index contributed by atoms with van der Waals surface area (Å²) in [5, 5.41) is 0.832. The lowest BCUT2D eigenvalue weighted by atomic mass is 9.94. The summed E-state index contributed by atoms with van der Waals surface area (Å²) in [5.41, 5.74) is 5.27. The third-order valence-electron chi connectivity index (χ3n) is 4.50. The molecule has 0 amide bonds. The van der Waals surface area contributed by atoms with Gasteiger partial charge in [-0.25, -0.2) is 0 Å². The summed E-state index contributed by atoms with van der Waals surface area (Å²) in [6.07, 6.45) is 2.29. The van der Waals surface area contributed by atoms with Gasteiger partial charge in [0.25, 0.3) is 0 Å². The zero-order chi connectivity index (χ0) is 14.3. The molecule has 1 saturated carbocycles. The topological polar surface area (TPSA) is 12.9 Å². The van der Waals surface area contributed by atoms with Crippen LogP contribution in [0.4, 0.5) is 0 Å². The van der Waals surface area contributed by atoms with Crippen molar-refractivity contribution in [2.45, 2.75) is 39.0 Å². The van der Waals surface area contributed by atoms with Crippen molar-refractivity contribution in [3.05, 3.63) is 63.9 Å². The Labute approximate surface area is 126 Å². The molecule has 2 heteroatoms. The molecule has 0 aliphatic heterocycles. The molecule has 0 unspecified atom stereocenters. The standard InChI is InChI=1S/C18H20ClN/c1-12-7-13(2)20-17(8-12)10-15-11-18(15,3)14-5-4-6-16(19)9-14/h4-9,15H,10-11H2,1-3H3/t15-,18+/m1/s1. The van der Waals surface area contributed by atoms with Crippen molar-refractivity contribution >= 4 is 11.6 Å². The van der Waals surface area contributed by atoms with E-state index in [1.165, 1.54) is 23.2 Å². The van der Waals surface area contributed by atoms with E-state index in [0.29, 0.717) is 5.92 Å². The number of aromatic nitrogens is 1. The number of halogens is 1. The smallest absolute Gasteiger partial charge is 0.0412 e. The van der Waals surface area contributed by atoms with Gasteiger partial charge >= 0.3 is 0 Å². The monoisotopic (exact) mass is 285 g/mol. The average molecular weight is 286 g/mol. The molecule has 1 nitrogen and oxygen atoms in total. The third-order valence-corrected chi connectivity index (χ3v) is 4.74. The minimum absolute atomic E-state index is 0.268. The summed E-state index contributed by atoms with van der Waals surface area (Å²) in [7, 11) is 0. The fourth-order valence-electron chi connectivity index (χ4n) is 3.23. The van der Waals surface area contributed by atoms with Gasteiger partial charge in [-0.1, -0.05) is 30.7 Å². The average Bonchev–Trinajstić information content (AvgIpc) is 3.00. The van der Waals surface area contributed by atoms with Gasteiger partial charge in [0.05, 0.1) is 0 Å². The molecule has 1 fully saturated rings. The molecule has 1 aromatic carbocycles. The largest absolute Gasteiger partial charge is 0.258 e. The lowest BCUT2D eigenvalue weighted by Gasteiger charge is -2.12. The first kappa shape index (κ1) is 13.6. The first-order valence-electron chi connectivity index (χ1n) is 7.17. The number of pyridine rings is 1. The highest BCUT2D eigenvalue weighted by Crippen LogP contribution is 2.55. The van der Waals surface area contributed by atoms with E-state index in [-0.39, 0.29) is 5.41 Å². The Morgan fingerprint density at radius 1 is 1.25 bits per heavy atom. The molecule has 1 aliphatic carbocycles. The second-order valence-corrected chi connectivity index (χ2v) is 6.75. The molecule has 104 valence electrons. The van der Waals surface area contributed by atoms with Gasteiger partial charge in [0.1, 0.15) is 0 Å². The fourth-order valence-corrected chi connectivity index (χ4v) is 3.42. The Balaban J connectivity index is 1.78. The molecular formula is C18H20ClN. The van der Waals surface area contributed by atoms with Crippen molar-refractivity contribution in [2.24, 2.45) is 5.92 Å². The molecule has 20 heavy (non-hydrogen) atoms. The summed E-state index contributed by atoms with van der Waals surface area (Å²) in [6, 6.07) is 12.6. The van der Waals surface area contributed by atoms with Crippen LogP contribution in [0.2, 0.25) is 5.02 Å². The second kappa shape index (κ2) is 4.89. The van der Waals surface area contributed by atoms with Crippen LogP contribution >= 0.6 is 11.6 Å². The van der Waals surface area contributed by atoms with E-state index < -0.39 is 0 Å². The fraction of sp³-hybridized carbons (Fsp3) is 0.389. The van der Waals surface area contributed by atoms with Gasteiger partial charge in [0, 0.05) is 16.4 Å². The molecule has 1 heterocycles. The normalized spacial score (nSPS) is 24.7. The maximum absolute atomic E-state index is 6.12. The minimum Gasteiger partial charge on any atom is -0.258 e. The number of aryl methyl sites for hydroxylation is 2. The highest BCUT2D eigenvalue weighted by atomic mass is 35.5. The van der Waals surface area contributed by atoms with Gasteiger partial charge in [-0.05, 0) is 73.4 Å². The van der Waals surface area contributed by atoms with Crippen LogP contribution in [0.15, 0.2) is 36.4 Å². The van der Waals surface area contributed by atoms with Crippen LogP contribution in [0.3, 0.4) is 0 Å². The SMILES string of the molecule is Cc1cc(C)nc(C[C@@H]2C[C@@]2(C)c2cccc(Cl)c2)c1. The Morgan fingerprint density at radius 2 is 2.05 bits per heavy atom. The molecule has 2 aromatic rings. The molecule has 0 bridgehead atoms. The predicted molar refractivity (Wildman–Crippen MR) is 84.3 cm³/mol. The van der Waals surface area contributed by atoms with Crippen molar-refractivity contribution in [2.75, 3.05) is 0 Å². The highest BCUT2D eigenvalue weighted by molar-refractivity contribution is 6.30. The number of hydrogen-bond donors (Lipinski definition) is 0. The summed E-state index contributed by atoms with van der Waals surface area (Å²) < 4.78 is 0. The van der Waals surface area contributed by atoms with E-state index in [9.17, 15) is 0 Å². The summed E-state index contributed by atoms with van der Waals surface area (Å²) in [5.74, 6) is 0.676. The Morgan fingerprint density at radius 3 is 2.75 bits per heavy atom. The quantitative estimate of drug-likeness (QED) is 0.784. The third kappa shape index (κ3) is 2.60. The van der Waals surface area contributed by atoms with Crippen molar-refractivity contribution in [3.63, 3.8) is 0 Å². The van der Waals surface area contributed by atoms with Gasteiger partial charge in [0.15, 0.2) is 0 Å². The van der Waals surface area contributed by atoms with Crippen molar-refractivity contribution in [1.82, 2.24) is 4.98 Å². The minimum atomic E-state index is 0.268. The number of hydrogen-bond acceptors (Lipinski definition) is 1. The number of benzene rings is 1. The molecule has 0 saturated heterocycles. The molecular weight excluding hydrogens is 266 g/mol. The highest BCUT2D eigenvalue weighted by Gasteiger charge is 2.50. The lowest BCUT2D eigenvalue weighted by molar-refractivity contribution is 0.647. The van der Waals surface area contributed by atoms with Crippen LogP contribution < -0.4 is 0 Å². The van der Waals surface area contributed by atoms with E-state index in [2.05, 4.69) is 50.0 Å². The summed E-state index contributed by atoms with van der Waals surface area (Å²) in [4.78, 5) is 4.66. The van der Waals surface area contributed by atoms with Crippen molar-refractivity contribution < 1.29 is 0 Å². The lowest BCUT2D eigenvalue weighted by Crippen LogP contribution is -2.07. The van der Waals surface area contributed by atoms with Crippen LogP contribution in [0, 0.1) is 19.8 Å². The molecule has 0 radical (unpaired) electrons. The van der Waals surface area contributed by atoms with Crippen LogP contribution in [-0.4, -0.2) is 4.98 Å². The van der Waals surface area contributed by atoms with E-state index >= 15 is 0 Å². The van der Waals surface area contributed by atoms with E-state index in [1.807, 2.05) is 12.1 Å². The zero-order valence-corrected chi connectivity index (χ0v) is 13.0. The molecule has 1 aromatic heterocycles. The first-order valence-corrected chi connectivity index (χ1v) is 7.55. The second-order valence-electron chi connectivity index (χ2n) is 6.31. The molecule has 0 N–H and O–H groups in total. The summed E-state index contributed by atoms with van der Waals surface area (Å²) >= 11 is 6.12. The van der Waals surface area contributed by atoms with Gasteiger partial charge in [-0.3, -0.25) is 4.98 Å².